The van der Waals surface area contributed by atoms with Gasteiger partial charge in [-0.2, -0.15) is 0 Å². The van der Waals surface area contributed by atoms with Crippen LogP contribution in [0.15, 0.2) is 53.4 Å². The molecule has 1 N–H and O–H groups in total. The smallest absolute Gasteiger partial charge is 0.0782 e. The first kappa shape index (κ1) is 14.3. The Morgan fingerprint density at radius 2 is 1.59 bits per heavy atom. The zero-order chi connectivity index (χ0) is 15.2. The Balaban J connectivity index is 1.85. The molecule has 4 rings (SSSR count). The number of aryl methyl sites for hydroxylation is 1. The molecule has 0 amide bonds. The van der Waals surface area contributed by atoms with E-state index in [1.165, 1.54) is 36.4 Å². The second kappa shape index (κ2) is 5.43. The molecule has 2 aliphatic rings. The van der Waals surface area contributed by atoms with Crippen LogP contribution < -0.4 is 4.90 Å². The Kier molecular flexibility index (Phi) is 3.54. The monoisotopic (exact) mass is 310 g/mol. The number of piperidine rings is 1. The van der Waals surface area contributed by atoms with Crippen LogP contribution in [-0.4, -0.2) is 24.9 Å². The molecule has 0 aliphatic carbocycles. The van der Waals surface area contributed by atoms with Crippen molar-refractivity contribution in [2.24, 2.45) is 0 Å². The Morgan fingerprint density at radius 1 is 0.955 bits per heavy atom. The van der Waals surface area contributed by atoms with Gasteiger partial charge in [0.2, 0.25) is 0 Å². The lowest BCUT2D eigenvalue weighted by molar-refractivity contribution is -0.885. The van der Waals surface area contributed by atoms with Crippen LogP contribution >= 0.6 is 11.8 Å². The number of thioether (sulfide) groups is 1. The average molecular weight is 310 g/mol. The molecule has 0 aromatic heterocycles. The number of quaternary nitrogens is 1. The van der Waals surface area contributed by atoms with Crippen molar-refractivity contribution < 1.29 is 4.90 Å². The minimum Gasteiger partial charge on any atom is -0.337 e. The van der Waals surface area contributed by atoms with Crippen molar-refractivity contribution in [2.75, 3.05) is 20.1 Å². The third kappa shape index (κ3) is 2.21. The van der Waals surface area contributed by atoms with Crippen LogP contribution in [0, 0.1) is 6.92 Å². The SMILES string of the molecule is Cc1ccccc1[C@H]1c2ccccc2SC12CC[NH+](C)CC2. The molecular formula is C20H24NS+. The topological polar surface area (TPSA) is 4.44 Å². The van der Waals surface area contributed by atoms with Gasteiger partial charge in [0.1, 0.15) is 0 Å². The maximum absolute atomic E-state index is 2.36. The van der Waals surface area contributed by atoms with Gasteiger partial charge < -0.3 is 4.90 Å². The van der Waals surface area contributed by atoms with E-state index in [9.17, 15) is 0 Å². The third-order valence-electron chi connectivity index (χ3n) is 5.52. The highest BCUT2D eigenvalue weighted by Gasteiger charge is 2.50. The summed E-state index contributed by atoms with van der Waals surface area (Å²) in [7, 11) is 2.34. The Bertz CT molecular complexity index is 686. The van der Waals surface area contributed by atoms with E-state index < -0.39 is 0 Å². The maximum atomic E-state index is 2.36. The van der Waals surface area contributed by atoms with Crippen molar-refractivity contribution in [1.82, 2.24) is 0 Å². The fourth-order valence-corrected chi connectivity index (χ4v) is 5.89. The highest BCUT2D eigenvalue weighted by Crippen LogP contribution is 2.59. The molecule has 2 heterocycles. The number of rotatable bonds is 1. The van der Waals surface area contributed by atoms with Crippen molar-refractivity contribution >= 4 is 11.8 Å². The van der Waals surface area contributed by atoms with Crippen LogP contribution in [-0.2, 0) is 0 Å². The zero-order valence-corrected chi connectivity index (χ0v) is 14.2. The van der Waals surface area contributed by atoms with Crippen molar-refractivity contribution in [3.05, 3.63) is 65.2 Å². The summed E-state index contributed by atoms with van der Waals surface area (Å²) >= 11 is 2.16. The Labute approximate surface area is 137 Å². The summed E-state index contributed by atoms with van der Waals surface area (Å²) in [6.45, 7) is 4.86. The van der Waals surface area contributed by atoms with Crippen molar-refractivity contribution in [3.8, 4) is 0 Å². The minimum absolute atomic E-state index is 0.370. The van der Waals surface area contributed by atoms with E-state index in [2.05, 4.69) is 74.3 Å². The van der Waals surface area contributed by atoms with E-state index in [0.29, 0.717) is 10.7 Å². The summed E-state index contributed by atoms with van der Waals surface area (Å²) < 4.78 is 0.370. The molecule has 2 aromatic carbocycles. The van der Waals surface area contributed by atoms with Crippen molar-refractivity contribution in [2.45, 2.75) is 35.3 Å². The van der Waals surface area contributed by atoms with Crippen LogP contribution in [0.3, 0.4) is 0 Å². The van der Waals surface area contributed by atoms with Crippen LogP contribution in [0.5, 0.6) is 0 Å². The maximum Gasteiger partial charge on any atom is 0.0782 e. The first-order valence-electron chi connectivity index (χ1n) is 8.34. The Morgan fingerprint density at radius 3 is 2.32 bits per heavy atom. The summed E-state index contributed by atoms with van der Waals surface area (Å²) in [4.78, 5) is 3.20. The number of likely N-dealkylation sites (tertiary alicyclic amines) is 1. The van der Waals surface area contributed by atoms with E-state index in [4.69, 9.17) is 0 Å². The Hall–Kier alpha value is -1.25. The van der Waals surface area contributed by atoms with Gasteiger partial charge in [-0.1, -0.05) is 42.5 Å². The summed E-state index contributed by atoms with van der Waals surface area (Å²) in [6.07, 6.45) is 2.63. The predicted octanol–water partition coefficient (Wildman–Crippen LogP) is 3.28. The summed E-state index contributed by atoms with van der Waals surface area (Å²) in [5.74, 6) is 0.558. The van der Waals surface area contributed by atoms with Gasteiger partial charge in [0.05, 0.1) is 20.1 Å². The first-order chi connectivity index (χ1) is 10.7. The van der Waals surface area contributed by atoms with Crippen LogP contribution in [0.4, 0.5) is 0 Å². The van der Waals surface area contributed by atoms with E-state index in [1.54, 1.807) is 16.0 Å². The van der Waals surface area contributed by atoms with Crippen molar-refractivity contribution in [3.63, 3.8) is 0 Å². The van der Waals surface area contributed by atoms with Gasteiger partial charge in [0.25, 0.3) is 0 Å². The van der Waals surface area contributed by atoms with Gasteiger partial charge in [0, 0.05) is 28.4 Å². The highest BCUT2D eigenvalue weighted by atomic mass is 32.2. The molecule has 1 spiro atoms. The largest absolute Gasteiger partial charge is 0.337 e. The molecule has 1 saturated heterocycles. The first-order valence-corrected chi connectivity index (χ1v) is 9.16. The molecule has 2 heteroatoms. The lowest BCUT2D eigenvalue weighted by Crippen LogP contribution is -3.10. The fraction of sp³-hybridized carbons (Fsp3) is 0.400. The van der Waals surface area contributed by atoms with Gasteiger partial charge in [-0.15, -0.1) is 11.8 Å². The van der Waals surface area contributed by atoms with Gasteiger partial charge >= 0.3 is 0 Å². The average Bonchev–Trinajstić information content (AvgIpc) is 2.85. The normalized spacial score (nSPS) is 30.5. The number of fused-ring (bicyclic) bond motifs is 1. The molecule has 2 aromatic rings. The molecule has 2 aliphatic heterocycles. The summed E-state index contributed by atoms with van der Waals surface area (Å²) in [5, 5.41) is 0. The molecule has 22 heavy (non-hydrogen) atoms. The van der Waals surface area contributed by atoms with E-state index in [1.807, 2.05) is 0 Å². The molecule has 1 nitrogen and oxygen atoms in total. The molecule has 1 fully saturated rings. The van der Waals surface area contributed by atoms with E-state index >= 15 is 0 Å². The lowest BCUT2D eigenvalue weighted by atomic mass is 9.74. The number of hydrogen-bond donors (Lipinski definition) is 1. The van der Waals surface area contributed by atoms with E-state index in [0.717, 1.165) is 0 Å². The number of hydrogen-bond acceptors (Lipinski definition) is 1. The highest BCUT2D eigenvalue weighted by molar-refractivity contribution is 8.01. The van der Waals surface area contributed by atoms with Crippen molar-refractivity contribution in [1.29, 1.82) is 0 Å². The van der Waals surface area contributed by atoms with E-state index in [-0.39, 0.29) is 0 Å². The van der Waals surface area contributed by atoms with Gasteiger partial charge in [-0.25, -0.2) is 0 Å². The second-order valence-corrected chi connectivity index (χ2v) is 8.41. The molecule has 0 unspecified atom stereocenters. The number of nitrogens with one attached hydrogen (secondary N) is 1. The molecule has 0 saturated carbocycles. The van der Waals surface area contributed by atoms with Crippen LogP contribution in [0.1, 0.15) is 35.4 Å². The predicted molar refractivity (Wildman–Crippen MR) is 93.9 cm³/mol. The molecule has 0 radical (unpaired) electrons. The summed E-state index contributed by atoms with van der Waals surface area (Å²) in [6, 6.07) is 18.1. The lowest BCUT2D eigenvalue weighted by Gasteiger charge is -2.40. The van der Waals surface area contributed by atoms with Crippen LogP contribution in [0.25, 0.3) is 0 Å². The summed E-state index contributed by atoms with van der Waals surface area (Å²) in [5.41, 5.74) is 4.54. The molecule has 114 valence electrons. The second-order valence-electron chi connectivity index (χ2n) is 6.95. The quantitative estimate of drug-likeness (QED) is 0.847. The van der Waals surface area contributed by atoms with Gasteiger partial charge in [-0.3, -0.25) is 0 Å². The van der Waals surface area contributed by atoms with Gasteiger partial charge in [-0.05, 0) is 29.7 Å². The van der Waals surface area contributed by atoms with Crippen LogP contribution in [0.2, 0.25) is 0 Å². The number of benzene rings is 2. The minimum atomic E-state index is 0.370. The fourth-order valence-electron chi connectivity index (χ4n) is 4.23. The molecule has 1 atom stereocenters. The standard InChI is InChI=1S/C20H23NS/c1-15-7-3-4-8-16(15)19-17-9-5-6-10-18(17)22-20(19)11-13-21(2)14-12-20/h3-10,19H,11-14H2,1-2H3/p+1/t19-/m0/s1. The molecule has 0 bridgehead atoms. The molecular weight excluding hydrogens is 286 g/mol. The van der Waals surface area contributed by atoms with Gasteiger partial charge in [0.15, 0.2) is 0 Å². The third-order valence-corrected chi connectivity index (χ3v) is 7.16. The zero-order valence-electron chi connectivity index (χ0n) is 13.4.